The molecule has 1 aromatic rings. The summed E-state index contributed by atoms with van der Waals surface area (Å²) in [4.78, 5) is 25.1. The average Bonchev–Trinajstić information content (AvgIpc) is 2.49. The van der Waals surface area contributed by atoms with E-state index in [1.54, 1.807) is 6.07 Å². The number of esters is 1. The molecule has 112 valence electrons. The van der Waals surface area contributed by atoms with Gasteiger partial charge in [-0.15, -0.1) is 0 Å². The van der Waals surface area contributed by atoms with Crippen LogP contribution in [0.5, 0.6) is 0 Å². The maximum atomic E-state index is 12.2. The maximum absolute atomic E-state index is 12.2. The molecule has 0 unspecified atom stereocenters. The second-order valence-corrected chi connectivity index (χ2v) is 4.64. The lowest BCUT2D eigenvalue weighted by Gasteiger charge is -2.21. The van der Waals surface area contributed by atoms with Gasteiger partial charge in [-0.3, -0.25) is 14.5 Å². The summed E-state index contributed by atoms with van der Waals surface area (Å²) in [5, 5.41) is 8.90. The topological polar surface area (TPSA) is 70.4 Å². The number of nitriles is 1. The number of aryl methyl sites for hydroxylation is 1. The van der Waals surface area contributed by atoms with E-state index < -0.39 is 0 Å². The van der Waals surface area contributed by atoms with Crippen molar-refractivity contribution in [3.8, 4) is 6.07 Å². The molecule has 0 spiro atoms. The third-order valence-electron chi connectivity index (χ3n) is 2.95. The number of hydrogen-bond acceptors (Lipinski definition) is 4. The fraction of sp³-hybridized carbons (Fsp3) is 0.438. The van der Waals surface area contributed by atoms with E-state index in [2.05, 4.69) is 0 Å². The fourth-order valence-electron chi connectivity index (χ4n) is 1.88. The first-order valence-electron chi connectivity index (χ1n) is 6.98. The number of carbonyl (C=O) groups is 2. The summed E-state index contributed by atoms with van der Waals surface area (Å²) in [5.41, 5.74) is 1.61. The van der Waals surface area contributed by atoms with E-state index in [1.165, 1.54) is 4.90 Å². The van der Waals surface area contributed by atoms with E-state index in [4.69, 9.17) is 10.00 Å². The Morgan fingerprint density at radius 3 is 2.62 bits per heavy atom. The fourth-order valence-corrected chi connectivity index (χ4v) is 1.88. The van der Waals surface area contributed by atoms with Crippen molar-refractivity contribution in [2.24, 2.45) is 0 Å². The van der Waals surface area contributed by atoms with Crippen LogP contribution in [-0.4, -0.2) is 25.0 Å². The Hall–Kier alpha value is -2.35. The van der Waals surface area contributed by atoms with Crippen LogP contribution in [-0.2, 0) is 14.3 Å². The van der Waals surface area contributed by atoms with Crippen LogP contribution in [0.25, 0.3) is 0 Å². The van der Waals surface area contributed by atoms with Gasteiger partial charge in [-0.05, 0) is 25.0 Å². The Balaban J connectivity index is 2.69. The first-order valence-corrected chi connectivity index (χ1v) is 6.98. The van der Waals surface area contributed by atoms with Crippen LogP contribution >= 0.6 is 0 Å². The van der Waals surface area contributed by atoms with E-state index in [9.17, 15) is 9.59 Å². The predicted octanol–water partition coefficient (Wildman–Crippen LogP) is 2.59. The first-order chi connectivity index (χ1) is 10.1. The van der Waals surface area contributed by atoms with E-state index in [0.717, 1.165) is 12.0 Å². The van der Waals surface area contributed by atoms with Gasteiger partial charge in [-0.2, -0.15) is 5.26 Å². The van der Waals surface area contributed by atoms with E-state index in [1.807, 2.05) is 38.1 Å². The number of benzene rings is 1. The molecule has 0 aliphatic rings. The second-order valence-electron chi connectivity index (χ2n) is 4.64. The largest absolute Gasteiger partial charge is 0.466 e. The van der Waals surface area contributed by atoms with Gasteiger partial charge in [0.15, 0.2) is 0 Å². The third-order valence-corrected chi connectivity index (χ3v) is 2.95. The molecular formula is C16H20N2O3. The number of carbonyl (C=O) groups excluding carboxylic acids is 2. The highest BCUT2D eigenvalue weighted by atomic mass is 16.5. The highest BCUT2D eigenvalue weighted by molar-refractivity contribution is 5.95. The van der Waals surface area contributed by atoms with Gasteiger partial charge in [0, 0.05) is 12.1 Å². The number of para-hydroxylation sites is 1. The van der Waals surface area contributed by atoms with Gasteiger partial charge in [0.05, 0.1) is 19.1 Å². The average molecular weight is 288 g/mol. The lowest BCUT2D eigenvalue weighted by Crippen LogP contribution is -2.32. The lowest BCUT2D eigenvalue weighted by atomic mass is 10.1. The molecule has 0 bridgehead atoms. The molecule has 0 fully saturated rings. The number of amides is 1. The van der Waals surface area contributed by atoms with Crippen LogP contribution in [0.2, 0.25) is 0 Å². The Kier molecular flexibility index (Phi) is 6.96. The van der Waals surface area contributed by atoms with E-state index in [-0.39, 0.29) is 31.3 Å². The van der Waals surface area contributed by atoms with E-state index >= 15 is 0 Å². The van der Waals surface area contributed by atoms with Crippen LogP contribution in [0.15, 0.2) is 24.3 Å². The molecule has 0 aromatic heterocycles. The van der Waals surface area contributed by atoms with Gasteiger partial charge in [-0.1, -0.05) is 25.1 Å². The zero-order chi connectivity index (χ0) is 15.7. The first kappa shape index (κ1) is 16.7. The smallest absolute Gasteiger partial charge is 0.306 e. The lowest BCUT2D eigenvalue weighted by molar-refractivity contribution is -0.144. The molecule has 1 amide bonds. The molecule has 1 rings (SSSR count). The number of rotatable bonds is 7. The highest BCUT2D eigenvalue weighted by Gasteiger charge is 2.18. The quantitative estimate of drug-likeness (QED) is 0.571. The van der Waals surface area contributed by atoms with Crippen LogP contribution in [0.4, 0.5) is 5.69 Å². The molecule has 5 heteroatoms. The van der Waals surface area contributed by atoms with Crippen molar-refractivity contribution < 1.29 is 14.3 Å². The number of hydrogen-bond donors (Lipinski definition) is 0. The minimum Gasteiger partial charge on any atom is -0.466 e. The SMILES string of the molecule is CCCOC(=O)CCC(=O)N(CC#N)c1ccccc1C. The van der Waals surface area contributed by atoms with Crippen molar-refractivity contribution in [3.63, 3.8) is 0 Å². The molecule has 0 N–H and O–H groups in total. The zero-order valence-corrected chi connectivity index (χ0v) is 12.5. The maximum Gasteiger partial charge on any atom is 0.306 e. The van der Waals surface area contributed by atoms with Crippen molar-refractivity contribution in [2.45, 2.75) is 33.1 Å². The van der Waals surface area contributed by atoms with Gasteiger partial charge in [0.2, 0.25) is 5.91 Å². The summed E-state index contributed by atoms with van der Waals surface area (Å²) in [5.74, 6) is -0.633. The summed E-state index contributed by atoms with van der Waals surface area (Å²) in [6.45, 7) is 4.12. The Morgan fingerprint density at radius 1 is 1.29 bits per heavy atom. The van der Waals surface area contributed by atoms with Crippen molar-refractivity contribution in [2.75, 3.05) is 18.1 Å². The molecule has 1 aromatic carbocycles. The summed E-state index contributed by atoms with van der Waals surface area (Å²) in [6, 6.07) is 9.34. The van der Waals surface area contributed by atoms with Crippen molar-refractivity contribution in [1.82, 2.24) is 0 Å². The van der Waals surface area contributed by atoms with E-state index in [0.29, 0.717) is 12.3 Å². The number of anilines is 1. The third kappa shape index (κ3) is 5.27. The predicted molar refractivity (Wildman–Crippen MR) is 79.6 cm³/mol. The van der Waals surface area contributed by atoms with Crippen LogP contribution in [0.1, 0.15) is 31.7 Å². The van der Waals surface area contributed by atoms with Crippen molar-refractivity contribution >= 4 is 17.6 Å². The molecule has 0 saturated heterocycles. The van der Waals surface area contributed by atoms with Crippen molar-refractivity contribution in [1.29, 1.82) is 5.26 Å². The van der Waals surface area contributed by atoms with Gasteiger partial charge < -0.3 is 4.74 Å². The van der Waals surface area contributed by atoms with Crippen LogP contribution in [0.3, 0.4) is 0 Å². The minimum atomic E-state index is -0.383. The van der Waals surface area contributed by atoms with Gasteiger partial charge in [0.1, 0.15) is 6.54 Å². The van der Waals surface area contributed by atoms with Gasteiger partial charge >= 0.3 is 5.97 Å². The zero-order valence-electron chi connectivity index (χ0n) is 12.5. The minimum absolute atomic E-state index is 0.0340. The molecule has 0 radical (unpaired) electrons. The summed E-state index contributed by atoms with van der Waals surface area (Å²) in [7, 11) is 0. The molecular weight excluding hydrogens is 268 g/mol. The molecule has 0 atom stereocenters. The summed E-state index contributed by atoms with van der Waals surface area (Å²) < 4.78 is 4.94. The highest BCUT2D eigenvalue weighted by Crippen LogP contribution is 2.20. The Labute approximate surface area is 125 Å². The van der Waals surface area contributed by atoms with Crippen LogP contribution in [0, 0.1) is 18.3 Å². The molecule has 5 nitrogen and oxygen atoms in total. The molecule has 0 aliphatic carbocycles. The Morgan fingerprint density at radius 2 is 2.00 bits per heavy atom. The number of nitrogens with zero attached hydrogens (tertiary/aromatic N) is 2. The van der Waals surface area contributed by atoms with Crippen LogP contribution < -0.4 is 4.90 Å². The normalized spacial score (nSPS) is 9.76. The number of ether oxygens (including phenoxy) is 1. The Bertz CT molecular complexity index is 535. The standard InChI is InChI=1S/C16H20N2O3/c1-3-12-21-16(20)9-8-15(19)18(11-10-17)14-7-5-4-6-13(14)2/h4-7H,3,8-9,11-12H2,1-2H3. The molecule has 0 heterocycles. The molecule has 0 aliphatic heterocycles. The van der Waals surface area contributed by atoms with Gasteiger partial charge in [0.25, 0.3) is 0 Å². The van der Waals surface area contributed by atoms with Crippen molar-refractivity contribution in [3.05, 3.63) is 29.8 Å². The second kappa shape index (κ2) is 8.75. The summed E-state index contributed by atoms with van der Waals surface area (Å²) in [6.07, 6.45) is 0.828. The van der Waals surface area contributed by atoms with Gasteiger partial charge in [-0.25, -0.2) is 0 Å². The molecule has 21 heavy (non-hydrogen) atoms. The molecule has 0 saturated carbocycles. The summed E-state index contributed by atoms with van der Waals surface area (Å²) >= 11 is 0. The monoisotopic (exact) mass is 288 g/mol.